The molecule has 4 rings (SSSR count). The Morgan fingerprint density at radius 2 is 1.23 bits per heavy atom. The van der Waals surface area contributed by atoms with Gasteiger partial charge in [-0.1, -0.05) is 42.5 Å². The second-order valence-corrected chi connectivity index (χ2v) is 8.40. The minimum absolute atomic E-state index is 0.173. The highest BCUT2D eigenvalue weighted by Crippen LogP contribution is 2.35. The fourth-order valence-electron chi connectivity index (χ4n) is 3.37. The molecule has 0 aliphatic carbocycles. The highest BCUT2D eigenvalue weighted by Gasteiger charge is 2.17. The van der Waals surface area contributed by atoms with Crippen molar-refractivity contribution in [2.75, 3.05) is 18.9 Å². The third-order valence-corrected chi connectivity index (χ3v) is 6.32. The number of sulfonamides is 1. The summed E-state index contributed by atoms with van der Waals surface area (Å²) in [6.07, 6.45) is 0. The molecule has 0 aliphatic rings. The highest BCUT2D eigenvalue weighted by atomic mass is 32.2. The molecule has 0 atom stereocenters. The predicted octanol–water partition coefficient (Wildman–Crippen LogP) is 5.32. The van der Waals surface area contributed by atoms with Crippen molar-refractivity contribution in [2.24, 2.45) is 0 Å². The van der Waals surface area contributed by atoms with Crippen LogP contribution in [-0.4, -0.2) is 22.6 Å². The van der Waals surface area contributed by atoms with Crippen LogP contribution in [0, 0.1) is 0 Å². The van der Waals surface area contributed by atoms with Crippen molar-refractivity contribution in [3.8, 4) is 22.6 Å². The Hall–Kier alpha value is -3.51. The van der Waals surface area contributed by atoms with Crippen molar-refractivity contribution < 1.29 is 17.9 Å². The number of hydrogen-bond acceptors (Lipinski definition) is 4. The van der Waals surface area contributed by atoms with Gasteiger partial charge in [-0.05, 0) is 59.0 Å². The van der Waals surface area contributed by atoms with Crippen molar-refractivity contribution in [1.82, 2.24) is 0 Å². The van der Waals surface area contributed by atoms with E-state index in [1.54, 1.807) is 25.3 Å². The lowest BCUT2D eigenvalue weighted by molar-refractivity contribution is 0.414. The van der Waals surface area contributed by atoms with E-state index in [9.17, 15) is 8.42 Å². The van der Waals surface area contributed by atoms with E-state index < -0.39 is 10.0 Å². The van der Waals surface area contributed by atoms with Crippen LogP contribution in [0.4, 0.5) is 5.69 Å². The Balaban J connectivity index is 1.75. The van der Waals surface area contributed by atoms with Crippen LogP contribution in [0.3, 0.4) is 0 Å². The van der Waals surface area contributed by atoms with Crippen molar-refractivity contribution in [3.05, 3.63) is 84.9 Å². The molecule has 4 aromatic carbocycles. The Kier molecular flexibility index (Phi) is 5.33. The first-order valence-electron chi connectivity index (χ1n) is 9.35. The van der Waals surface area contributed by atoms with E-state index in [4.69, 9.17) is 9.47 Å². The molecule has 152 valence electrons. The lowest BCUT2D eigenvalue weighted by atomic mass is 9.97. The molecule has 0 saturated heterocycles. The zero-order valence-corrected chi connectivity index (χ0v) is 17.4. The average molecular weight is 420 g/mol. The van der Waals surface area contributed by atoms with E-state index >= 15 is 0 Å². The zero-order chi connectivity index (χ0) is 21.1. The summed E-state index contributed by atoms with van der Waals surface area (Å²) >= 11 is 0. The van der Waals surface area contributed by atoms with Crippen LogP contribution in [0.2, 0.25) is 0 Å². The molecule has 0 aliphatic heterocycles. The molecule has 6 heteroatoms. The van der Waals surface area contributed by atoms with Gasteiger partial charge in [-0.15, -0.1) is 0 Å². The molecule has 0 heterocycles. The Labute approximate surface area is 175 Å². The predicted molar refractivity (Wildman–Crippen MR) is 120 cm³/mol. The standard InChI is InChI=1S/C24H21NO4S/c1-28-18-9-7-17(8-10-18)21-15-16-24(23-6-4-3-5-22(21)23)25-30(26,27)20-13-11-19(29-2)12-14-20/h3-16,25H,1-2H3. The second kappa shape index (κ2) is 8.08. The maximum Gasteiger partial charge on any atom is 0.261 e. The number of fused-ring (bicyclic) bond motifs is 1. The van der Waals surface area contributed by atoms with Gasteiger partial charge in [0.15, 0.2) is 0 Å². The van der Waals surface area contributed by atoms with E-state index in [1.807, 2.05) is 54.6 Å². The molecular weight excluding hydrogens is 398 g/mol. The number of hydrogen-bond donors (Lipinski definition) is 1. The third kappa shape index (κ3) is 3.82. The first-order valence-corrected chi connectivity index (χ1v) is 10.8. The molecule has 0 bridgehead atoms. The number of anilines is 1. The average Bonchev–Trinajstić information content (AvgIpc) is 2.79. The van der Waals surface area contributed by atoms with Gasteiger partial charge in [0.05, 0.1) is 24.8 Å². The first-order chi connectivity index (χ1) is 14.5. The van der Waals surface area contributed by atoms with E-state index in [-0.39, 0.29) is 4.90 Å². The number of rotatable bonds is 6. The monoisotopic (exact) mass is 419 g/mol. The van der Waals surface area contributed by atoms with Crippen molar-refractivity contribution in [3.63, 3.8) is 0 Å². The first kappa shape index (κ1) is 19.8. The van der Waals surface area contributed by atoms with E-state index in [1.165, 1.54) is 19.2 Å². The van der Waals surface area contributed by atoms with E-state index in [0.717, 1.165) is 27.6 Å². The number of nitrogens with one attached hydrogen (secondary N) is 1. The largest absolute Gasteiger partial charge is 0.497 e. The van der Waals surface area contributed by atoms with Crippen molar-refractivity contribution in [1.29, 1.82) is 0 Å². The molecule has 30 heavy (non-hydrogen) atoms. The molecule has 0 saturated carbocycles. The lowest BCUT2D eigenvalue weighted by Gasteiger charge is -2.14. The van der Waals surface area contributed by atoms with Crippen LogP contribution in [0.15, 0.2) is 89.8 Å². The van der Waals surface area contributed by atoms with Gasteiger partial charge in [-0.2, -0.15) is 0 Å². The van der Waals surface area contributed by atoms with Gasteiger partial charge in [0, 0.05) is 5.39 Å². The number of methoxy groups -OCH3 is 2. The van der Waals surface area contributed by atoms with Crippen molar-refractivity contribution >= 4 is 26.5 Å². The molecule has 0 amide bonds. The van der Waals surface area contributed by atoms with Gasteiger partial charge in [-0.25, -0.2) is 8.42 Å². The summed E-state index contributed by atoms with van der Waals surface area (Å²) in [5.41, 5.74) is 2.57. The Bertz CT molecular complexity index is 1280. The molecule has 0 spiro atoms. The molecule has 4 aromatic rings. The van der Waals surface area contributed by atoms with E-state index in [2.05, 4.69) is 4.72 Å². The fourth-order valence-corrected chi connectivity index (χ4v) is 4.45. The number of ether oxygens (including phenoxy) is 2. The summed E-state index contributed by atoms with van der Waals surface area (Å²) < 4.78 is 38.9. The summed E-state index contributed by atoms with van der Waals surface area (Å²) in [5.74, 6) is 1.38. The second-order valence-electron chi connectivity index (χ2n) is 6.72. The number of benzene rings is 4. The summed E-state index contributed by atoms with van der Waals surface area (Å²) in [4.78, 5) is 0.173. The molecule has 0 aromatic heterocycles. The van der Waals surface area contributed by atoms with Crippen molar-refractivity contribution in [2.45, 2.75) is 4.90 Å². The van der Waals surface area contributed by atoms with Crippen LogP contribution in [0.5, 0.6) is 11.5 Å². The van der Waals surface area contributed by atoms with Gasteiger partial charge >= 0.3 is 0 Å². The smallest absolute Gasteiger partial charge is 0.261 e. The van der Waals surface area contributed by atoms with Crippen LogP contribution in [0.25, 0.3) is 21.9 Å². The summed E-state index contributed by atoms with van der Waals surface area (Å²) in [7, 11) is -0.565. The van der Waals surface area contributed by atoms with Crippen LogP contribution >= 0.6 is 0 Å². The minimum Gasteiger partial charge on any atom is -0.497 e. The molecule has 0 radical (unpaired) electrons. The van der Waals surface area contributed by atoms with Crippen LogP contribution in [0.1, 0.15) is 0 Å². The summed E-state index contributed by atoms with van der Waals surface area (Å²) in [6, 6.07) is 25.5. The molecule has 5 nitrogen and oxygen atoms in total. The molecule has 0 fully saturated rings. The fraction of sp³-hybridized carbons (Fsp3) is 0.0833. The Morgan fingerprint density at radius 1 is 0.667 bits per heavy atom. The highest BCUT2D eigenvalue weighted by molar-refractivity contribution is 7.92. The topological polar surface area (TPSA) is 64.6 Å². The van der Waals surface area contributed by atoms with Gasteiger partial charge in [0.2, 0.25) is 0 Å². The van der Waals surface area contributed by atoms with Crippen LogP contribution < -0.4 is 14.2 Å². The lowest BCUT2D eigenvalue weighted by Crippen LogP contribution is -2.13. The van der Waals surface area contributed by atoms with Crippen LogP contribution in [-0.2, 0) is 10.0 Å². The van der Waals surface area contributed by atoms with Gasteiger partial charge in [0.25, 0.3) is 10.0 Å². The van der Waals surface area contributed by atoms with Gasteiger partial charge in [0.1, 0.15) is 11.5 Å². The maximum absolute atomic E-state index is 12.9. The SMILES string of the molecule is COc1ccc(-c2ccc(NS(=O)(=O)c3ccc(OC)cc3)c3ccccc23)cc1. The minimum atomic E-state index is -3.74. The van der Waals surface area contributed by atoms with E-state index in [0.29, 0.717) is 11.4 Å². The normalized spacial score (nSPS) is 11.3. The molecule has 1 N–H and O–H groups in total. The zero-order valence-electron chi connectivity index (χ0n) is 16.6. The molecule has 0 unspecified atom stereocenters. The maximum atomic E-state index is 12.9. The quantitative estimate of drug-likeness (QED) is 0.459. The van der Waals surface area contributed by atoms with Gasteiger partial charge in [-0.3, -0.25) is 4.72 Å². The van der Waals surface area contributed by atoms with Gasteiger partial charge < -0.3 is 9.47 Å². The third-order valence-electron chi connectivity index (χ3n) is 4.94. The summed E-state index contributed by atoms with van der Waals surface area (Å²) in [5, 5.41) is 1.78. The molecular formula is C24H21NO4S. The Morgan fingerprint density at radius 3 is 1.83 bits per heavy atom. The summed E-state index contributed by atoms with van der Waals surface area (Å²) in [6.45, 7) is 0.